The molecule has 0 spiro atoms. The van der Waals surface area contributed by atoms with E-state index in [1.54, 1.807) is 0 Å². The van der Waals surface area contributed by atoms with Crippen LogP contribution < -0.4 is 5.32 Å². The Labute approximate surface area is 178 Å². The van der Waals surface area contributed by atoms with Crippen molar-refractivity contribution in [2.24, 2.45) is 0 Å². The Balaban J connectivity index is 1.42. The highest BCUT2D eigenvalue weighted by atomic mass is 79.9. The maximum absolute atomic E-state index is 12.1. The van der Waals surface area contributed by atoms with Crippen LogP contribution in [0.3, 0.4) is 0 Å². The van der Waals surface area contributed by atoms with Gasteiger partial charge in [-0.25, -0.2) is 0 Å². The summed E-state index contributed by atoms with van der Waals surface area (Å²) in [7, 11) is 0. The number of rotatable bonds is 4. The van der Waals surface area contributed by atoms with E-state index in [0.717, 1.165) is 71.3 Å². The summed E-state index contributed by atoms with van der Waals surface area (Å²) in [4.78, 5) is 14.6. The van der Waals surface area contributed by atoms with Crippen molar-refractivity contribution in [1.82, 2.24) is 10.1 Å². The monoisotopic (exact) mass is 453 g/mol. The number of hydrogen-bond donors (Lipinski definition) is 1. The number of benzene rings is 2. The zero-order chi connectivity index (χ0) is 20.0. The lowest BCUT2D eigenvalue weighted by atomic mass is 9.82. The normalized spacial score (nSPS) is 17.7. The van der Waals surface area contributed by atoms with Crippen LogP contribution in [0.25, 0.3) is 11.0 Å². The molecule has 5 rings (SSSR count). The van der Waals surface area contributed by atoms with Gasteiger partial charge in [0.05, 0.1) is 12.1 Å². The molecule has 1 fully saturated rings. The summed E-state index contributed by atoms with van der Waals surface area (Å²) < 4.78 is 6.74. The van der Waals surface area contributed by atoms with Gasteiger partial charge in [-0.15, -0.1) is 0 Å². The summed E-state index contributed by atoms with van der Waals surface area (Å²) in [5.74, 6) is 0.513. The Morgan fingerprint density at radius 2 is 2.00 bits per heavy atom. The van der Waals surface area contributed by atoms with E-state index in [1.807, 2.05) is 6.07 Å². The number of halogens is 1. The fraction of sp³-hybridized carbons (Fsp3) is 0.391. The van der Waals surface area contributed by atoms with Crippen molar-refractivity contribution >= 4 is 38.5 Å². The molecule has 1 N–H and O–H groups in total. The number of carbonyl (C=O) groups excluding carboxylic acids is 1. The van der Waals surface area contributed by atoms with Crippen molar-refractivity contribution in [3.05, 3.63) is 57.2 Å². The van der Waals surface area contributed by atoms with E-state index in [-0.39, 0.29) is 5.91 Å². The average Bonchev–Trinajstić information content (AvgIpc) is 3.30. The first-order valence-electron chi connectivity index (χ1n) is 10.3. The second kappa shape index (κ2) is 7.58. The molecule has 1 aromatic heterocycles. The number of anilines is 1. The first-order chi connectivity index (χ1) is 14.1. The highest BCUT2D eigenvalue weighted by Crippen LogP contribution is 2.42. The molecule has 2 aliphatic rings. The van der Waals surface area contributed by atoms with Crippen molar-refractivity contribution in [1.29, 1.82) is 0 Å². The van der Waals surface area contributed by atoms with Crippen molar-refractivity contribution in [3.8, 4) is 0 Å². The van der Waals surface area contributed by atoms with E-state index in [0.29, 0.717) is 12.3 Å². The van der Waals surface area contributed by atoms with Gasteiger partial charge in [0.15, 0.2) is 5.58 Å². The van der Waals surface area contributed by atoms with Crippen LogP contribution in [-0.4, -0.2) is 29.1 Å². The summed E-state index contributed by atoms with van der Waals surface area (Å²) in [5, 5.41) is 8.45. The number of carbonyl (C=O) groups is 1. The molecule has 6 heteroatoms. The van der Waals surface area contributed by atoms with E-state index >= 15 is 0 Å². The highest BCUT2D eigenvalue weighted by molar-refractivity contribution is 9.10. The summed E-state index contributed by atoms with van der Waals surface area (Å²) in [6, 6.07) is 10.5. The van der Waals surface area contributed by atoms with Gasteiger partial charge in [-0.3, -0.25) is 9.69 Å². The Bertz CT molecular complexity index is 1070. The minimum absolute atomic E-state index is 0.0765. The number of aromatic nitrogens is 1. The third kappa shape index (κ3) is 3.49. The molecular formula is C23H24BrN3O2. The first kappa shape index (κ1) is 18.8. The molecule has 0 radical (unpaired) electrons. The fourth-order valence-corrected chi connectivity index (χ4v) is 5.08. The maximum atomic E-state index is 12.1. The molecule has 0 unspecified atom stereocenters. The number of amides is 1. The van der Waals surface area contributed by atoms with Crippen LogP contribution >= 0.6 is 15.9 Å². The molecule has 5 nitrogen and oxygen atoms in total. The first-order valence-corrected chi connectivity index (χ1v) is 11.1. The van der Waals surface area contributed by atoms with E-state index in [2.05, 4.69) is 62.5 Å². The third-order valence-electron chi connectivity index (χ3n) is 6.25. The summed E-state index contributed by atoms with van der Waals surface area (Å²) in [6.45, 7) is 5.20. The molecule has 2 aromatic carbocycles. The standard InChI is InChI=1S/C23H24BrN3O2/c1-2-18-23-20(29-26-18)12-19-17(11-21(28)25-19)22(23)15-7-9-27(10-8-15)13-14-3-5-16(24)6-4-14/h3-6,12,15H,2,7-11,13H2,1H3,(H,25,28). The van der Waals surface area contributed by atoms with Gasteiger partial charge in [0.1, 0.15) is 0 Å². The lowest BCUT2D eigenvalue weighted by molar-refractivity contribution is -0.115. The third-order valence-corrected chi connectivity index (χ3v) is 6.77. The second-order valence-corrected chi connectivity index (χ2v) is 8.99. The number of likely N-dealkylation sites (tertiary alicyclic amines) is 1. The minimum atomic E-state index is 0.0765. The number of aryl methyl sites for hydroxylation is 1. The molecule has 2 aliphatic heterocycles. The minimum Gasteiger partial charge on any atom is -0.356 e. The Hall–Kier alpha value is -2.18. The van der Waals surface area contributed by atoms with Crippen molar-refractivity contribution in [2.75, 3.05) is 18.4 Å². The zero-order valence-corrected chi connectivity index (χ0v) is 18.1. The van der Waals surface area contributed by atoms with Crippen molar-refractivity contribution in [2.45, 2.75) is 45.1 Å². The number of piperidine rings is 1. The second-order valence-electron chi connectivity index (χ2n) is 8.07. The van der Waals surface area contributed by atoms with E-state index in [9.17, 15) is 4.79 Å². The van der Waals surface area contributed by atoms with Gasteiger partial charge in [0.25, 0.3) is 0 Å². The SMILES string of the molecule is CCc1noc2cc3c(c(C4CCN(Cc5ccc(Br)cc5)CC4)c12)CC(=O)N3. The predicted octanol–water partition coefficient (Wildman–Crippen LogP) is 5.03. The lowest BCUT2D eigenvalue weighted by Crippen LogP contribution is -2.32. The van der Waals surface area contributed by atoms with Crippen molar-refractivity contribution < 1.29 is 9.32 Å². The van der Waals surface area contributed by atoms with Crippen LogP contribution in [0.4, 0.5) is 5.69 Å². The van der Waals surface area contributed by atoms with Crippen LogP contribution in [0.1, 0.15) is 48.1 Å². The van der Waals surface area contributed by atoms with Crippen LogP contribution in [0, 0.1) is 0 Å². The molecule has 0 aliphatic carbocycles. The fourth-order valence-electron chi connectivity index (χ4n) is 4.82. The van der Waals surface area contributed by atoms with Gasteiger partial charge >= 0.3 is 0 Å². The molecule has 0 saturated carbocycles. The van der Waals surface area contributed by atoms with Gasteiger partial charge in [-0.1, -0.05) is 40.1 Å². The van der Waals surface area contributed by atoms with Gasteiger partial charge in [0.2, 0.25) is 5.91 Å². The molecular weight excluding hydrogens is 430 g/mol. The maximum Gasteiger partial charge on any atom is 0.228 e. The molecule has 29 heavy (non-hydrogen) atoms. The summed E-state index contributed by atoms with van der Waals surface area (Å²) >= 11 is 3.51. The number of nitrogens with one attached hydrogen (secondary N) is 1. The average molecular weight is 454 g/mol. The molecule has 3 aromatic rings. The predicted molar refractivity (Wildman–Crippen MR) is 117 cm³/mol. The van der Waals surface area contributed by atoms with Gasteiger partial charge in [-0.2, -0.15) is 0 Å². The lowest BCUT2D eigenvalue weighted by Gasteiger charge is -2.33. The Morgan fingerprint density at radius 1 is 1.24 bits per heavy atom. The van der Waals surface area contributed by atoms with Crippen LogP contribution in [0.5, 0.6) is 0 Å². The Morgan fingerprint density at radius 3 is 2.72 bits per heavy atom. The molecule has 0 atom stereocenters. The van der Waals surface area contributed by atoms with Gasteiger partial charge in [-0.05, 0) is 67.1 Å². The van der Waals surface area contributed by atoms with E-state index in [4.69, 9.17) is 4.52 Å². The molecule has 1 amide bonds. The molecule has 150 valence electrons. The number of hydrogen-bond acceptors (Lipinski definition) is 4. The van der Waals surface area contributed by atoms with Crippen molar-refractivity contribution in [3.63, 3.8) is 0 Å². The van der Waals surface area contributed by atoms with Crippen LogP contribution in [0.2, 0.25) is 0 Å². The highest BCUT2D eigenvalue weighted by Gasteiger charge is 2.31. The van der Waals surface area contributed by atoms with Crippen LogP contribution in [0.15, 0.2) is 39.3 Å². The zero-order valence-electron chi connectivity index (χ0n) is 16.5. The number of nitrogens with zero attached hydrogens (tertiary/aromatic N) is 2. The summed E-state index contributed by atoms with van der Waals surface area (Å²) in [5.41, 5.74) is 6.53. The topological polar surface area (TPSA) is 58.4 Å². The van der Waals surface area contributed by atoms with E-state index in [1.165, 1.54) is 11.1 Å². The smallest absolute Gasteiger partial charge is 0.228 e. The largest absolute Gasteiger partial charge is 0.356 e. The quantitative estimate of drug-likeness (QED) is 0.601. The molecule has 0 bridgehead atoms. The van der Waals surface area contributed by atoms with E-state index < -0.39 is 0 Å². The Kier molecular flexibility index (Phi) is 4.92. The van der Waals surface area contributed by atoms with Gasteiger partial charge < -0.3 is 9.84 Å². The van der Waals surface area contributed by atoms with Gasteiger partial charge in [0, 0.05) is 28.2 Å². The number of fused-ring (bicyclic) bond motifs is 2. The summed E-state index contributed by atoms with van der Waals surface area (Å²) in [6.07, 6.45) is 3.48. The molecule has 3 heterocycles. The van der Waals surface area contributed by atoms with Crippen LogP contribution in [-0.2, 0) is 24.2 Å². The molecule has 1 saturated heterocycles.